The average Bonchev–Trinajstić information content (AvgIpc) is 3.20. The molecule has 0 aliphatic heterocycles. The molecule has 0 heterocycles. The minimum Gasteiger partial charge on any atom is -0.312 e. The fraction of sp³-hybridized carbons (Fsp3) is 1.00. The molecule has 118 valence electrons. The maximum Gasteiger partial charge on any atom is 0.0254 e. The molecular formula is C18H36N2. The van der Waals surface area contributed by atoms with Gasteiger partial charge in [-0.1, -0.05) is 27.7 Å². The van der Waals surface area contributed by atoms with Crippen molar-refractivity contribution in [2.24, 2.45) is 11.3 Å². The Bertz CT molecular complexity index is 283. The van der Waals surface area contributed by atoms with Gasteiger partial charge in [0, 0.05) is 18.6 Å². The molecule has 0 bridgehead atoms. The van der Waals surface area contributed by atoms with Gasteiger partial charge in [-0.3, -0.25) is 4.90 Å². The molecule has 2 unspecified atom stereocenters. The van der Waals surface area contributed by atoms with E-state index in [0.29, 0.717) is 5.41 Å². The fourth-order valence-corrected chi connectivity index (χ4v) is 3.81. The van der Waals surface area contributed by atoms with Crippen LogP contribution in [0.4, 0.5) is 0 Å². The van der Waals surface area contributed by atoms with Crippen LogP contribution < -0.4 is 5.32 Å². The second kappa shape index (κ2) is 7.26. The van der Waals surface area contributed by atoms with Crippen molar-refractivity contribution in [2.45, 2.75) is 84.7 Å². The molecule has 20 heavy (non-hydrogen) atoms. The summed E-state index contributed by atoms with van der Waals surface area (Å²) in [5.74, 6) is 1.01. The Morgan fingerprint density at radius 3 is 2.45 bits per heavy atom. The van der Waals surface area contributed by atoms with Crippen LogP contribution in [0.25, 0.3) is 0 Å². The lowest BCUT2D eigenvalue weighted by molar-refractivity contribution is 0.0614. The molecule has 2 rings (SSSR count). The van der Waals surface area contributed by atoms with E-state index in [1.54, 1.807) is 0 Å². The van der Waals surface area contributed by atoms with Crippen LogP contribution in [0.15, 0.2) is 0 Å². The molecule has 2 aliphatic rings. The van der Waals surface area contributed by atoms with E-state index in [1.165, 1.54) is 64.6 Å². The van der Waals surface area contributed by atoms with Crippen LogP contribution in [0.1, 0.15) is 72.6 Å². The Morgan fingerprint density at radius 2 is 1.85 bits per heavy atom. The van der Waals surface area contributed by atoms with Crippen LogP contribution in [-0.4, -0.2) is 36.6 Å². The SMILES string of the molecule is CCCNC1CCC(C)(C)CC1N(CCC)CC1CC1. The third-order valence-electron chi connectivity index (χ3n) is 5.18. The van der Waals surface area contributed by atoms with Crippen LogP contribution in [0.5, 0.6) is 0 Å². The standard InChI is InChI=1S/C18H36N2/c1-5-11-19-16-9-10-18(3,4)13-17(16)20(12-6-2)14-15-7-8-15/h15-17,19H,5-14H2,1-4H3. The zero-order chi connectivity index (χ0) is 14.6. The Labute approximate surface area is 126 Å². The number of hydrogen-bond acceptors (Lipinski definition) is 2. The van der Waals surface area contributed by atoms with Crippen molar-refractivity contribution >= 4 is 0 Å². The van der Waals surface area contributed by atoms with Crippen LogP contribution in [0.3, 0.4) is 0 Å². The number of rotatable bonds is 8. The minimum atomic E-state index is 0.532. The summed E-state index contributed by atoms with van der Waals surface area (Å²) in [4.78, 5) is 2.84. The quantitative estimate of drug-likeness (QED) is 0.721. The summed E-state index contributed by atoms with van der Waals surface area (Å²) in [6.07, 6.45) is 9.62. The zero-order valence-corrected chi connectivity index (χ0v) is 14.3. The summed E-state index contributed by atoms with van der Waals surface area (Å²) in [5.41, 5.74) is 0.532. The molecular weight excluding hydrogens is 244 g/mol. The molecule has 1 N–H and O–H groups in total. The summed E-state index contributed by atoms with van der Waals surface area (Å²) in [5, 5.41) is 3.85. The maximum absolute atomic E-state index is 3.85. The average molecular weight is 280 g/mol. The topological polar surface area (TPSA) is 15.3 Å². The Hall–Kier alpha value is -0.0800. The van der Waals surface area contributed by atoms with E-state index in [-0.39, 0.29) is 0 Å². The molecule has 2 aliphatic carbocycles. The van der Waals surface area contributed by atoms with E-state index in [0.717, 1.165) is 18.0 Å². The Morgan fingerprint density at radius 1 is 1.10 bits per heavy atom. The summed E-state index contributed by atoms with van der Waals surface area (Å²) >= 11 is 0. The predicted octanol–water partition coefficient (Wildman–Crippen LogP) is 4.06. The molecule has 0 aromatic heterocycles. The number of nitrogens with zero attached hydrogens (tertiary/aromatic N) is 1. The normalized spacial score (nSPS) is 29.9. The van der Waals surface area contributed by atoms with Crippen molar-refractivity contribution < 1.29 is 0 Å². The minimum absolute atomic E-state index is 0.532. The largest absolute Gasteiger partial charge is 0.312 e. The highest BCUT2D eigenvalue weighted by Gasteiger charge is 2.38. The first kappa shape index (κ1) is 16.3. The zero-order valence-electron chi connectivity index (χ0n) is 14.3. The van der Waals surface area contributed by atoms with Crippen molar-refractivity contribution in [1.29, 1.82) is 0 Å². The molecule has 2 heteroatoms. The van der Waals surface area contributed by atoms with E-state index in [4.69, 9.17) is 0 Å². The molecule has 0 amide bonds. The summed E-state index contributed by atoms with van der Waals surface area (Å²) < 4.78 is 0. The molecule has 0 radical (unpaired) electrons. The van der Waals surface area contributed by atoms with Gasteiger partial charge < -0.3 is 5.32 Å². The third kappa shape index (κ3) is 4.73. The van der Waals surface area contributed by atoms with E-state index >= 15 is 0 Å². The molecule has 2 fully saturated rings. The Kier molecular flexibility index (Phi) is 5.92. The lowest BCUT2D eigenvalue weighted by Gasteiger charge is -2.46. The smallest absolute Gasteiger partial charge is 0.0254 e. The highest BCUT2D eigenvalue weighted by molar-refractivity contribution is 4.95. The molecule has 0 aromatic rings. The van der Waals surface area contributed by atoms with Gasteiger partial charge in [0.05, 0.1) is 0 Å². The van der Waals surface area contributed by atoms with Crippen LogP contribution >= 0.6 is 0 Å². The van der Waals surface area contributed by atoms with Gasteiger partial charge in [-0.05, 0) is 69.4 Å². The highest BCUT2D eigenvalue weighted by atomic mass is 15.2. The molecule has 0 aromatic carbocycles. The van der Waals surface area contributed by atoms with Gasteiger partial charge in [-0.25, -0.2) is 0 Å². The first-order valence-electron chi connectivity index (χ1n) is 9.03. The second-order valence-corrected chi connectivity index (χ2v) is 7.97. The molecule has 2 nitrogen and oxygen atoms in total. The first-order chi connectivity index (χ1) is 9.55. The van der Waals surface area contributed by atoms with Crippen LogP contribution in [-0.2, 0) is 0 Å². The van der Waals surface area contributed by atoms with E-state index in [1.807, 2.05) is 0 Å². The number of nitrogens with one attached hydrogen (secondary N) is 1. The third-order valence-corrected chi connectivity index (χ3v) is 5.18. The van der Waals surface area contributed by atoms with Gasteiger partial charge in [-0.15, -0.1) is 0 Å². The second-order valence-electron chi connectivity index (χ2n) is 7.97. The lowest BCUT2D eigenvalue weighted by Crippen LogP contribution is -2.55. The van der Waals surface area contributed by atoms with E-state index < -0.39 is 0 Å². The van der Waals surface area contributed by atoms with Gasteiger partial charge in [0.15, 0.2) is 0 Å². The number of hydrogen-bond donors (Lipinski definition) is 1. The first-order valence-corrected chi connectivity index (χ1v) is 9.03. The molecule has 0 spiro atoms. The summed E-state index contributed by atoms with van der Waals surface area (Å²) in [6.45, 7) is 13.4. The van der Waals surface area contributed by atoms with Crippen molar-refractivity contribution in [3.05, 3.63) is 0 Å². The van der Waals surface area contributed by atoms with E-state index in [2.05, 4.69) is 37.9 Å². The summed E-state index contributed by atoms with van der Waals surface area (Å²) in [6, 6.07) is 1.50. The fourth-order valence-electron chi connectivity index (χ4n) is 3.81. The van der Waals surface area contributed by atoms with Crippen molar-refractivity contribution in [3.8, 4) is 0 Å². The van der Waals surface area contributed by atoms with Crippen molar-refractivity contribution in [3.63, 3.8) is 0 Å². The lowest BCUT2D eigenvalue weighted by atomic mass is 9.72. The van der Waals surface area contributed by atoms with Gasteiger partial charge in [0.2, 0.25) is 0 Å². The molecule has 0 saturated heterocycles. The monoisotopic (exact) mass is 280 g/mol. The van der Waals surface area contributed by atoms with E-state index in [9.17, 15) is 0 Å². The van der Waals surface area contributed by atoms with Gasteiger partial charge in [-0.2, -0.15) is 0 Å². The summed E-state index contributed by atoms with van der Waals surface area (Å²) in [7, 11) is 0. The van der Waals surface area contributed by atoms with Crippen molar-refractivity contribution in [1.82, 2.24) is 10.2 Å². The molecule has 2 saturated carbocycles. The van der Waals surface area contributed by atoms with Gasteiger partial charge in [0.25, 0.3) is 0 Å². The van der Waals surface area contributed by atoms with Gasteiger partial charge >= 0.3 is 0 Å². The predicted molar refractivity (Wildman–Crippen MR) is 88.1 cm³/mol. The van der Waals surface area contributed by atoms with Gasteiger partial charge in [0.1, 0.15) is 0 Å². The molecule has 2 atom stereocenters. The van der Waals surface area contributed by atoms with Crippen LogP contribution in [0.2, 0.25) is 0 Å². The van der Waals surface area contributed by atoms with Crippen molar-refractivity contribution in [2.75, 3.05) is 19.6 Å². The van der Waals surface area contributed by atoms with Crippen LogP contribution in [0, 0.1) is 11.3 Å². The highest BCUT2D eigenvalue weighted by Crippen LogP contribution is 2.39. The Balaban J connectivity index is 2.01. The maximum atomic E-state index is 3.85.